The lowest BCUT2D eigenvalue weighted by molar-refractivity contribution is -0.123. The van der Waals surface area contributed by atoms with Gasteiger partial charge in [-0.2, -0.15) is 0 Å². The van der Waals surface area contributed by atoms with Crippen LogP contribution < -0.4 is 5.32 Å². The second-order valence-corrected chi connectivity index (χ2v) is 7.75. The highest BCUT2D eigenvalue weighted by molar-refractivity contribution is 8.00. The number of Topliss-reactive ketones (excluding diaryl/α,β-unsaturated/α-hetero) is 1. The summed E-state index contributed by atoms with van der Waals surface area (Å²) in [5, 5.41) is 3.13. The fourth-order valence-corrected chi connectivity index (χ4v) is 2.63. The van der Waals surface area contributed by atoms with Gasteiger partial charge in [-0.1, -0.05) is 32.5 Å². The molecule has 1 aromatic carbocycles. The maximum atomic E-state index is 12.5. The Labute approximate surface area is 146 Å². The molecule has 2 aromatic rings. The standard InChI is InChI=1S/C18H21N3O2S/c1-12(24-17-19-10-5-11-20-17)15(22)13-6-8-14(9-7-13)21-16(23)18(2,3)4/h5-12H,1-4H3,(H,21,23). The topological polar surface area (TPSA) is 72.0 Å². The molecule has 6 heteroatoms. The normalized spacial score (nSPS) is 12.5. The number of carbonyl (C=O) groups is 2. The Hall–Kier alpha value is -2.21. The first kappa shape index (κ1) is 18.1. The molecule has 1 heterocycles. The van der Waals surface area contributed by atoms with E-state index < -0.39 is 5.41 Å². The van der Waals surface area contributed by atoms with Crippen molar-refractivity contribution in [1.29, 1.82) is 0 Å². The van der Waals surface area contributed by atoms with Crippen molar-refractivity contribution >= 4 is 29.1 Å². The molecular formula is C18H21N3O2S. The van der Waals surface area contributed by atoms with Crippen molar-refractivity contribution in [3.63, 3.8) is 0 Å². The van der Waals surface area contributed by atoms with Gasteiger partial charge in [0, 0.05) is 29.1 Å². The van der Waals surface area contributed by atoms with Gasteiger partial charge in [0.05, 0.1) is 5.25 Å². The van der Waals surface area contributed by atoms with Crippen molar-refractivity contribution in [2.75, 3.05) is 5.32 Å². The number of aromatic nitrogens is 2. The van der Waals surface area contributed by atoms with E-state index in [2.05, 4.69) is 15.3 Å². The minimum atomic E-state index is -0.463. The zero-order valence-electron chi connectivity index (χ0n) is 14.2. The zero-order valence-corrected chi connectivity index (χ0v) is 15.1. The van der Waals surface area contributed by atoms with E-state index in [1.807, 2.05) is 27.7 Å². The molecule has 1 N–H and O–H groups in total. The predicted octanol–water partition coefficient (Wildman–Crippen LogP) is 3.82. The lowest BCUT2D eigenvalue weighted by atomic mass is 9.95. The average Bonchev–Trinajstić information content (AvgIpc) is 2.55. The number of rotatable bonds is 5. The van der Waals surface area contributed by atoms with E-state index in [0.29, 0.717) is 16.4 Å². The van der Waals surface area contributed by atoms with Crippen LogP contribution in [0.25, 0.3) is 0 Å². The van der Waals surface area contributed by atoms with E-state index in [-0.39, 0.29) is 16.9 Å². The Balaban J connectivity index is 2.02. The molecule has 0 saturated carbocycles. The molecule has 0 saturated heterocycles. The summed E-state index contributed by atoms with van der Waals surface area (Å²) in [6.07, 6.45) is 3.30. The van der Waals surface area contributed by atoms with E-state index in [0.717, 1.165) is 0 Å². The lowest BCUT2D eigenvalue weighted by Crippen LogP contribution is -2.27. The van der Waals surface area contributed by atoms with Gasteiger partial charge in [-0.25, -0.2) is 9.97 Å². The van der Waals surface area contributed by atoms with E-state index in [1.54, 1.807) is 42.7 Å². The monoisotopic (exact) mass is 343 g/mol. The highest BCUT2D eigenvalue weighted by Gasteiger charge is 2.21. The number of anilines is 1. The van der Waals surface area contributed by atoms with E-state index >= 15 is 0 Å². The Morgan fingerprint density at radius 3 is 2.21 bits per heavy atom. The van der Waals surface area contributed by atoms with Crippen LogP contribution in [-0.2, 0) is 4.79 Å². The molecule has 0 aliphatic carbocycles. The minimum absolute atomic E-state index is 0.00107. The van der Waals surface area contributed by atoms with Gasteiger partial charge in [0.25, 0.3) is 0 Å². The highest BCUT2D eigenvalue weighted by Crippen LogP contribution is 2.23. The Bertz CT molecular complexity index is 709. The van der Waals surface area contributed by atoms with Crippen LogP contribution in [0.2, 0.25) is 0 Å². The summed E-state index contributed by atoms with van der Waals surface area (Å²) >= 11 is 1.32. The van der Waals surface area contributed by atoms with E-state index in [1.165, 1.54) is 11.8 Å². The summed E-state index contributed by atoms with van der Waals surface area (Å²) in [7, 11) is 0. The molecule has 1 unspecified atom stereocenters. The Kier molecular flexibility index (Phi) is 5.72. The molecule has 0 bridgehead atoms. The van der Waals surface area contributed by atoms with Crippen molar-refractivity contribution in [2.24, 2.45) is 5.41 Å². The van der Waals surface area contributed by atoms with Crippen molar-refractivity contribution in [1.82, 2.24) is 9.97 Å². The smallest absolute Gasteiger partial charge is 0.229 e. The van der Waals surface area contributed by atoms with Crippen LogP contribution >= 0.6 is 11.8 Å². The van der Waals surface area contributed by atoms with Crippen LogP contribution in [-0.4, -0.2) is 26.9 Å². The minimum Gasteiger partial charge on any atom is -0.326 e. The third-order valence-electron chi connectivity index (χ3n) is 3.30. The molecule has 1 atom stereocenters. The number of hydrogen-bond acceptors (Lipinski definition) is 5. The van der Waals surface area contributed by atoms with Crippen LogP contribution in [0.3, 0.4) is 0 Å². The summed E-state index contributed by atoms with van der Waals surface area (Å²) in [5.41, 5.74) is 0.813. The number of thioether (sulfide) groups is 1. The number of nitrogens with one attached hydrogen (secondary N) is 1. The molecule has 1 amide bonds. The summed E-state index contributed by atoms with van der Waals surface area (Å²) in [6.45, 7) is 7.39. The first-order chi connectivity index (χ1) is 11.3. The summed E-state index contributed by atoms with van der Waals surface area (Å²) < 4.78 is 0. The summed E-state index contributed by atoms with van der Waals surface area (Å²) in [6, 6.07) is 8.68. The number of ketones is 1. The van der Waals surface area contributed by atoms with Gasteiger partial charge in [0.2, 0.25) is 5.91 Å². The van der Waals surface area contributed by atoms with Gasteiger partial charge < -0.3 is 5.32 Å². The second kappa shape index (κ2) is 7.57. The molecular weight excluding hydrogens is 322 g/mol. The molecule has 0 radical (unpaired) electrons. The van der Waals surface area contributed by atoms with Crippen molar-refractivity contribution in [3.8, 4) is 0 Å². The summed E-state index contributed by atoms with van der Waals surface area (Å²) in [5.74, 6) is -0.0622. The average molecular weight is 343 g/mol. The van der Waals surface area contributed by atoms with Crippen LogP contribution in [0.4, 0.5) is 5.69 Å². The Morgan fingerprint density at radius 1 is 1.08 bits per heavy atom. The third kappa shape index (κ3) is 4.89. The number of amides is 1. The number of nitrogens with zero attached hydrogens (tertiary/aromatic N) is 2. The molecule has 0 aliphatic rings. The van der Waals surface area contributed by atoms with Gasteiger partial charge >= 0.3 is 0 Å². The quantitative estimate of drug-likeness (QED) is 0.507. The van der Waals surface area contributed by atoms with Crippen LogP contribution in [0.1, 0.15) is 38.1 Å². The fraction of sp³-hybridized carbons (Fsp3) is 0.333. The maximum Gasteiger partial charge on any atom is 0.229 e. The SMILES string of the molecule is CC(Sc1ncccn1)C(=O)c1ccc(NC(=O)C(C)(C)C)cc1. The summed E-state index contributed by atoms with van der Waals surface area (Å²) in [4.78, 5) is 32.7. The maximum absolute atomic E-state index is 12.5. The van der Waals surface area contributed by atoms with Crippen LogP contribution in [0.5, 0.6) is 0 Å². The Morgan fingerprint density at radius 2 is 1.67 bits per heavy atom. The zero-order chi connectivity index (χ0) is 17.7. The largest absolute Gasteiger partial charge is 0.326 e. The molecule has 126 valence electrons. The van der Waals surface area contributed by atoms with Gasteiger partial charge in [-0.3, -0.25) is 9.59 Å². The van der Waals surface area contributed by atoms with Gasteiger partial charge in [-0.15, -0.1) is 0 Å². The van der Waals surface area contributed by atoms with E-state index in [4.69, 9.17) is 0 Å². The highest BCUT2D eigenvalue weighted by atomic mass is 32.2. The van der Waals surface area contributed by atoms with E-state index in [9.17, 15) is 9.59 Å². The first-order valence-corrected chi connectivity index (χ1v) is 8.55. The fourth-order valence-electron chi connectivity index (χ4n) is 1.83. The predicted molar refractivity (Wildman–Crippen MR) is 96.2 cm³/mol. The molecule has 0 spiro atoms. The van der Waals surface area contributed by atoms with Gasteiger partial charge in [0.15, 0.2) is 10.9 Å². The van der Waals surface area contributed by atoms with Crippen LogP contribution in [0.15, 0.2) is 47.9 Å². The second-order valence-electron chi connectivity index (χ2n) is 6.44. The van der Waals surface area contributed by atoms with Gasteiger partial charge in [0.1, 0.15) is 0 Å². The van der Waals surface area contributed by atoms with Gasteiger partial charge in [-0.05, 0) is 37.3 Å². The third-order valence-corrected chi connectivity index (χ3v) is 4.29. The molecule has 0 fully saturated rings. The van der Waals surface area contributed by atoms with Crippen molar-refractivity contribution in [3.05, 3.63) is 48.3 Å². The molecule has 0 aliphatic heterocycles. The number of carbonyl (C=O) groups excluding carboxylic acids is 2. The molecule has 1 aromatic heterocycles. The first-order valence-electron chi connectivity index (χ1n) is 7.67. The van der Waals surface area contributed by atoms with Crippen molar-refractivity contribution < 1.29 is 9.59 Å². The molecule has 2 rings (SSSR count). The van der Waals surface area contributed by atoms with Crippen molar-refractivity contribution in [2.45, 2.75) is 38.1 Å². The number of hydrogen-bond donors (Lipinski definition) is 1. The molecule has 24 heavy (non-hydrogen) atoms. The molecule has 5 nitrogen and oxygen atoms in total. The lowest BCUT2D eigenvalue weighted by Gasteiger charge is -2.17. The van der Waals surface area contributed by atoms with Crippen LogP contribution in [0, 0.1) is 5.41 Å². The number of benzene rings is 1.